The summed E-state index contributed by atoms with van der Waals surface area (Å²) in [4.78, 5) is 12.1. The Labute approximate surface area is 65.2 Å². The molecule has 0 atom stereocenters. The van der Waals surface area contributed by atoms with Crippen LogP contribution in [0, 0.1) is 10.8 Å². The molecule has 0 saturated carbocycles. The van der Waals surface area contributed by atoms with Gasteiger partial charge in [0, 0.05) is 6.54 Å². The van der Waals surface area contributed by atoms with Crippen molar-refractivity contribution in [3.05, 3.63) is 0 Å². The standard InChI is InChI=1S/C6H12N4O/c1-10(2)3-4(7)5(8)6(9)11/h7-8H,3H2,1-2H3,(H2,9,11). The summed E-state index contributed by atoms with van der Waals surface area (Å²) in [5, 5.41) is 14.2. The second-order valence-corrected chi connectivity index (χ2v) is 2.46. The lowest BCUT2D eigenvalue weighted by atomic mass is 10.2. The molecular weight excluding hydrogens is 144 g/mol. The van der Waals surface area contributed by atoms with E-state index in [-0.39, 0.29) is 12.3 Å². The molecule has 0 radical (unpaired) electrons. The first-order valence-corrected chi connectivity index (χ1v) is 3.06. The first-order chi connectivity index (χ1) is 4.95. The first-order valence-electron chi connectivity index (χ1n) is 3.06. The van der Waals surface area contributed by atoms with Gasteiger partial charge in [-0.3, -0.25) is 10.2 Å². The maximum Gasteiger partial charge on any atom is 0.268 e. The van der Waals surface area contributed by atoms with Crippen LogP contribution in [0.4, 0.5) is 0 Å². The van der Waals surface area contributed by atoms with E-state index >= 15 is 0 Å². The van der Waals surface area contributed by atoms with Gasteiger partial charge in [-0.15, -0.1) is 0 Å². The lowest BCUT2D eigenvalue weighted by molar-refractivity contribution is -0.111. The summed E-state index contributed by atoms with van der Waals surface area (Å²) < 4.78 is 0. The minimum absolute atomic E-state index is 0.0532. The number of primary amides is 1. The molecule has 0 aromatic rings. The van der Waals surface area contributed by atoms with Crippen LogP contribution in [0.2, 0.25) is 0 Å². The normalized spacial score (nSPS) is 9.73. The Morgan fingerprint density at radius 3 is 2.18 bits per heavy atom. The molecule has 5 nitrogen and oxygen atoms in total. The van der Waals surface area contributed by atoms with Gasteiger partial charge in [0.1, 0.15) is 5.71 Å². The minimum Gasteiger partial charge on any atom is -0.364 e. The molecule has 0 unspecified atom stereocenters. The lowest BCUT2D eigenvalue weighted by Crippen LogP contribution is -2.35. The number of hydrogen-bond acceptors (Lipinski definition) is 4. The molecule has 62 valence electrons. The van der Waals surface area contributed by atoms with Crippen molar-refractivity contribution in [3.8, 4) is 0 Å². The number of carbonyl (C=O) groups is 1. The summed E-state index contributed by atoms with van der Waals surface area (Å²) in [6.45, 7) is 0.266. The van der Waals surface area contributed by atoms with Crippen molar-refractivity contribution >= 4 is 17.3 Å². The van der Waals surface area contributed by atoms with Crippen molar-refractivity contribution in [1.29, 1.82) is 10.8 Å². The molecule has 0 rings (SSSR count). The van der Waals surface area contributed by atoms with Crippen LogP contribution in [0.15, 0.2) is 0 Å². The second kappa shape index (κ2) is 3.82. The minimum atomic E-state index is -0.850. The predicted octanol–water partition coefficient (Wildman–Crippen LogP) is -0.927. The Hall–Kier alpha value is -1.23. The summed E-state index contributed by atoms with van der Waals surface area (Å²) in [5.74, 6) is -0.850. The Morgan fingerprint density at radius 1 is 1.45 bits per heavy atom. The number of nitrogens with two attached hydrogens (primary N) is 1. The number of nitrogens with one attached hydrogen (secondary N) is 2. The summed E-state index contributed by atoms with van der Waals surface area (Å²) in [6, 6.07) is 0. The van der Waals surface area contributed by atoms with Gasteiger partial charge < -0.3 is 16.0 Å². The average molecular weight is 156 g/mol. The number of nitrogens with zero attached hydrogens (tertiary/aromatic N) is 1. The molecule has 11 heavy (non-hydrogen) atoms. The van der Waals surface area contributed by atoms with Crippen LogP contribution >= 0.6 is 0 Å². The highest BCUT2D eigenvalue weighted by molar-refractivity contribution is 6.65. The number of amides is 1. The van der Waals surface area contributed by atoms with Gasteiger partial charge in [-0.25, -0.2) is 0 Å². The Balaban J connectivity index is 4.05. The van der Waals surface area contributed by atoms with E-state index in [9.17, 15) is 4.79 Å². The second-order valence-electron chi connectivity index (χ2n) is 2.46. The van der Waals surface area contributed by atoms with Gasteiger partial charge in [0.05, 0.1) is 5.71 Å². The number of rotatable bonds is 4. The maximum absolute atomic E-state index is 10.4. The van der Waals surface area contributed by atoms with Crippen LogP contribution < -0.4 is 5.73 Å². The lowest BCUT2D eigenvalue weighted by Gasteiger charge is -2.09. The van der Waals surface area contributed by atoms with Gasteiger partial charge in [0.15, 0.2) is 0 Å². The molecule has 4 N–H and O–H groups in total. The van der Waals surface area contributed by atoms with Gasteiger partial charge in [0.25, 0.3) is 5.91 Å². The molecule has 0 saturated heterocycles. The largest absolute Gasteiger partial charge is 0.364 e. The van der Waals surface area contributed by atoms with Gasteiger partial charge in [0.2, 0.25) is 0 Å². The van der Waals surface area contributed by atoms with Gasteiger partial charge in [-0.1, -0.05) is 0 Å². The zero-order valence-electron chi connectivity index (χ0n) is 6.64. The van der Waals surface area contributed by atoms with Crippen LogP contribution in [0.25, 0.3) is 0 Å². The highest BCUT2D eigenvalue weighted by atomic mass is 16.1. The smallest absolute Gasteiger partial charge is 0.268 e. The highest BCUT2D eigenvalue weighted by Crippen LogP contribution is 1.81. The maximum atomic E-state index is 10.4. The Bertz CT molecular complexity index is 197. The van der Waals surface area contributed by atoms with Gasteiger partial charge in [-0.2, -0.15) is 0 Å². The van der Waals surface area contributed by atoms with E-state index in [1.165, 1.54) is 0 Å². The predicted molar refractivity (Wildman–Crippen MR) is 43.2 cm³/mol. The number of hydrogen-bond donors (Lipinski definition) is 3. The van der Waals surface area contributed by atoms with E-state index in [2.05, 4.69) is 0 Å². The molecule has 0 aliphatic heterocycles. The van der Waals surface area contributed by atoms with Crippen molar-refractivity contribution in [2.45, 2.75) is 0 Å². The third kappa shape index (κ3) is 3.47. The van der Waals surface area contributed by atoms with E-state index < -0.39 is 11.6 Å². The average Bonchev–Trinajstić information content (AvgIpc) is 1.84. The Morgan fingerprint density at radius 2 is 1.91 bits per heavy atom. The summed E-state index contributed by atoms with van der Waals surface area (Å²) >= 11 is 0. The van der Waals surface area contributed by atoms with Crippen molar-refractivity contribution in [3.63, 3.8) is 0 Å². The van der Waals surface area contributed by atoms with Crippen LogP contribution in [0.5, 0.6) is 0 Å². The summed E-state index contributed by atoms with van der Waals surface area (Å²) in [5.41, 5.74) is 4.32. The SMILES string of the molecule is CN(C)CC(=N)C(=N)C(N)=O. The highest BCUT2D eigenvalue weighted by Gasteiger charge is 2.10. The van der Waals surface area contributed by atoms with E-state index in [0.717, 1.165) is 0 Å². The third-order valence-corrected chi connectivity index (χ3v) is 1.02. The summed E-state index contributed by atoms with van der Waals surface area (Å²) in [6.07, 6.45) is 0. The van der Waals surface area contributed by atoms with Crippen molar-refractivity contribution in [2.75, 3.05) is 20.6 Å². The molecule has 0 aliphatic rings. The fourth-order valence-electron chi connectivity index (χ4n) is 0.544. The molecule has 0 spiro atoms. The van der Waals surface area contributed by atoms with E-state index in [1.807, 2.05) is 0 Å². The molecule has 0 fully saturated rings. The van der Waals surface area contributed by atoms with Gasteiger partial charge >= 0.3 is 0 Å². The van der Waals surface area contributed by atoms with Crippen molar-refractivity contribution in [1.82, 2.24) is 4.90 Å². The van der Waals surface area contributed by atoms with Crippen LogP contribution in [0.1, 0.15) is 0 Å². The van der Waals surface area contributed by atoms with E-state index in [0.29, 0.717) is 0 Å². The van der Waals surface area contributed by atoms with Crippen LogP contribution in [-0.2, 0) is 4.79 Å². The number of carbonyl (C=O) groups excluding carboxylic acids is 1. The quantitative estimate of drug-likeness (QED) is 0.459. The molecule has 0 aromatic carbocycles. The fourth-order valence-corrected chi connectivity index (χ4v) is 0.544. The van der Waals surface area contributed by atoms with Crippen molar-refractivity contribution in [2.24, 2.45) is 5.73 Å². The first kappa shape index (κ1) is 9.77. The molecular formula is C6H12N4O. The molecule has 1 amide bonds. The van der Waals surface area contributed by atoms with Crippen LogP contribution in [0.3, 0.4) is 0 Å². The van der Waals surface area contributed by atoms with E-state index in [1.54, 1.807) is 19.0 Å². The third-order valence-electron chi connectivity index (χ3n) is 1.02. The zero-order chi connectivity index (χ0) is 9.02. The monoisotopic (exact) mass is 156 g/mol. The van der Waals surface area contributed by atoms with E-state index in [4.69, 9.17) is 16.6 Å². The molecule has 0 heterocycles. The van der Waals surface area contributed by atoms with Crippen molar-refractivity contribution < 1.29 is 4.79 Å². The summed E-state index contributed by atoms with van der Waals surface area (Å²) in [7, 11) is 3.51. The molecule has 0 aromatic heterocycles. The van der Waals surface area contributed by atoms with Gasteiger partial charge in [-0.05, 0) is 14.1 Å². The fraction of sp³-hybridized carbons (Fsp3) is 0.500. The van der Waals surface area contributed by atoms with Crippen LogP contribution in [-0.4, -0.2) is 42.9 Å². The molecule has 5 heteroatoms. The zero-order valence-corrected chi connectivity index (χ0v) is 6.64. The topological polar surface area (TPSA) is 94.0 Å². The molecule has 0 aliphatic carbocycles. The molecule has 0 bridgehead atoms. The Kier molecular flexibility index (Phi) is 3.39.